The topological polar surface area (TPSA) is 65.1 Å². The molecule has 1 amide bonds. The molecule has 1 heterocycles. The van der Waals surface area contributed by atoms with Crippen LogP contribution in [0, 0.1) is 6.92 Å². The maximum atomic E-state index is 12.9. The fourth-order valence-corrected chi connectivity index (χ4v) is 2.72. The third-order valence-corrected chi connectivity index (χ3v) is 4.21. The van der Waals surface area contributed by atoms with E-state index in [0.29, 0.717) is 23.6 Å². The number of benzene rings is 2. The molecule has 0 saturated heterocycles. The predicted molar refractivity (Wildman–Crippen MR) is 95.1 cm³/mol. The van der Waals surface area contributed by atoms with Gasteiger partial charge in [0.05, 0.1) is 13.5 Å². The molecule has 1 aliphatic heterocycles. The Morgan fingerprint density at radius 3 is 2.54 bits per heavy atom. The van der Waals surface area contributed by atoms with Crippen LogP contribution in [0.3, 0.4) is 0 Å². The number of rotatable bonds is 6. The lowest BCUT2D eigenvalue weighted by molar-refractivity contribution is -0.140. The van der Waals surface area contributed by atoms with Gasteiger partial charge in [-0.3, -0.25) is 9.59 Å². The van der Waals surface area contributed by atoms with Gasteiger partial charge in [-0.25, -0.2) is 0 Å². The van der Waals surface area contributed by atoms with E-state index in [1.165, 1.54) is 7.11 Å². The van der Waals surface area contributed by atoms with E-state index in [0.717, 1.165) is 11.1 Å². The Hall–Kier alpha value is -3.02. The number of carbonyl (C=O) groups is 2. The smallest absolute Gasteiger partial charge is 0.307 e. The van der Waals surface area contributed by atoms with Crippen molar-refractivity contribution in [1.29, 1.82) is 0 Å². The van der Waals surface area contributed by atoms with E-state index in [1.54, 1.807) is 17.0 Å². The van der Waals surface area contributed by atoms with Crippen LogP contribution in [0.4, 0.5) is 0 Å². The summed E-state index contributed by atoms with van der Waals surface area (Å²) in [6.07, 6.45) is 0.138. The Balaban J connectivity index is 1.79. The van der Waals surface area contributed by atoms with Gasteiger partial charge >= 0.3 is 5.97 Å². The average Bonchev–Trinajstić information content (AvgIpc) is 3.12. The molecule has 136 valence electrons. The van der Waals surface area contributed by atoms with Crippen LogP contribution in [0.2, 0.25) is 0 Å². The minimum atomic E-state index is -0.350. The Labute approximate surface area is 152 Å². The zero-order valence-electron chi connectivity index (χ0n) is 14.9. The van der Waals surface area contributed by atoms with Crippen molar-refractivity contribution in [3.05, 3.63) is 59.2 Å². The molecule has 0 aliphatic carbocycles. The van der Waals surface area contributed by atoms with Crippen molar-refractivity contribution >= 4 is 11.9 Å². The molecule has 0 radical (unpaired) electrons. The number of esters is 1. The number of hydrogen-bond acceptors (Lipinski definition) is 5. The molecule has 3 rings (SSSR count). The second kappa shape index (κ2) is 7.91. The summed E-state index contributed by atoms with van der Waals surface area (Å²) in [5, 5.41) is 0. The largest absolute Gasteiger partial charge is 0.469 e. The highest BCUT2D eigenvalue weighted by atomic mass is 16.7. The van der Waals surface area contributed by atoms with Crippen molar-refractivity contribution < 1.29 is 23.8 Å². The van der Waals surface area contributed by atoms with Crippen molar-refractivity contribution in [2.24, 2.45) is 0 Å². The van der Waals surface area contributed by atoms with Gasteiger partial charge in [0.15, 0.2) is 11.5 Å². The summed E-state index contributed by atoms with van der Waals surface area (Å²) in [6.45, 7) is 2.80. The normalized spacial score (nSPS) is 11.9. The van der Waals surface area contributed by atoms with Crippen LogP contribution in [-0.2, 0) is 16.1 Å². The van der Waals surface area contributed by atoms with Crippen molar-refractivity contribution in [3.8, 4) is 11.5 Å². The maximum Gasteiger partial charge on any atom is 0.307 e. The van der Waals surface area contributed by atoms with Crippen LogP contribution < -0.4 is 9.47 Å². The molecule has 0 atom stereocenters. The summed E-state index contributed by atoms with van der Waals surface area (Å²) in [5.41, 5.74) is 2.57. The monoisotopic (exact) mass is 355 g/mol. The summed E-state index contributed by atoms with van der Waals surface area (Å²) in [5.74, 6) is 0.877. The third-order valence-electron chi connectivity index (χ3n) is 4.21. The molecule has 2 aromatic rings. The van der Waals surface area contributed by atoms with Crippen LogP contribution in [-0.4, -0.2) is 37.2 Å². The van der Waals surface area contributed by atoms with Crippen LogP contribution in [0.1, 0.15) is 27.9 Å². The summed E-state index contributed by atoms with van der Waals surface area (Å²) in [4.78, 5) is 26.1. The number of aryl methyl sites for hydroxylation is 1. The first kappa shape index (κ1) is 17.8. The summed E-state index contributed by atoms with van der Waals surface area (Å²) in [6, 6.07) is 13.0. The van der Waals surface area contributed by atoms with Crippen molar-refractivity contribution in [2.45, 2.75) is 19.9 Å². The second-order valence-corrected chi connectivity index (χ2v) is 6.11. The first-order valence-corrected chi connectivity index (χ1v) is 8.38. The lowest BCUT2D eigenvalue weighted by Crippen LogP contribution is -2.32. The molecule has 0 saturated carbocycles. The van der Waals surface area contributed by atoms with Crippen LogP contribution in [0.25, 0.3) is 0 Å². The Bertz CT molecular complexity index is 800. The minimum Gasteiger partial charge on any atom is -0.469 e. The SMILES string of the molecule is COC(=O)CCN(Cc1ccc2c(c1)OCO2)C(=O)c1ccc(C)cc1. The van der Waals surface area contributed by atoms with E-state index in [-0.39, 0.29) is 31.6 Å². The maximum absolute atomic E-state index is 12.9. The summed E-state index contributed by atoms with van der Waals surface area (Å²) >= 11 is 0. The van der Waals surface area contributed by atoms with E-state index in [9.17, 15) is 9.59 Å². The summed E-state index contributed by atoms with van der Waals surface area (Å²) in [7, 11) is 1.34. The zero-order chi connectivity index (χ0) is 18.5. The number of carbonyl (C=O) groups excluding carboxylic acids is 2. The molecule has 0 aromatic heterocycles. The molecule has 0 unspecified atom stereocenters. The molecular weight excluding hydrogens is 334 g/mol. The first-order valence-electron chi connectivity index (χ1n) is 8.38. The van der Waals surface area contributed by atoms with E-state index in [4.69, 9.17) is 14.2 Å². The van der Waals surface area contributed by atoms with Gasteiger partial charge in [-0.1, -0.05) is 23.8 Å². The highest BCUT2D eigenvalue weighted by Crippen LogP contribution is 2.32. The molecule has 26 heavy (non-hydrogen) atoms. The number of amides is 1. The van der Waals surface area contributed by atoms with E-state index < -0.39 is 0 Å². The lowest BCUT2D eigenvalue weighted by Gasteiger charge is -2.23. The highest BCUT2D eigenvalue weighted by Gasteiger charge is 2.20. The first-order chi connectivity index (χ1) is 12.6. The number of nitrogens with zero attached hydrogens (tertiary/aromatic N) is 1. The molecule has 0 spiro atoms. The second-order valence-electron chi connectivity index (χ2n) is 6.11. The van der Waals surface area contributed by atoms with Crippen LogP contribution >= 0.6 is 0 Å². The van der Waals surface area contributed by atoms with Gasteiger partial charge in [0.1, 0.15) is 0 Å². The van der Waals surface area contributed by atoms with Crippen molar-refractivity contribution in [2.75, 3.05) is 20.4 Å². The van der Waals surface area contributed by atoms with Gasteiger partial charge in [-0.15, -0.1) is 0 Å². The van der Waals surface area contributed by atoms with Gasteiger partial charge < -0.3 is 19.1 Å². The van der Waals surface area contributed by atoms with E-state index in [2.05, 4.69) is 0 Å². The fourth-order valence-electron chi connectivity index (χ4n) is 2.72. The van der Waals surface area contributed by atoms with Gasteiger partial charge in [-0.05, 0) is 36.8 Å². The lowest BCUT2D eigenvalue weighted by atomic mass is 10.1. The molecule has 2 aromatic carbocycles. The molecule has 1 aliphatic rings. The quantitative estimate of drug-likeness (QED) is 0.746. The van der Waals surface area contributed by atoms with E-state index in [1.807, 2.05) is 37.3 Å². The Kier molecular flexibility index (Phi) is 5.41. The van der Waals surface area contributed by atoms with Crippen molar-refractivity contribution in [3.63, 3.8) is 0 Å². The molecule has 6 heteroatoms. The highest BCUT2D eigenvalue weighted by molar-refractivity contribution is 5.94. The minimum absolute atomic E-state index is 0.133. The molecule has 0 bridgehead atoms. The number of fused-ring (bicyclic) bond motifs is 1. The van der Waals surface area contributed by atoms with Crippen LogP contribution in [0.15, 0.2) is 42.5 Å². The predicted octanol–water partition coefficient (Wildman–Crippen LogP) is 2.93. The average molecular weight is 355 g/mol. The zero-order valence-corrected chi connectivity index (χ0v) is 14.9. The van der Waals surface area contributed by atoms with Gasteiger partial charge in [0.25, 0.3) is 5.91 Å². The van der Waals surface area contributed by atoms with E-state index >= 15 is 0 Å². The van der Waals surface area contributed by atoms with Gasteiger partial charge in [0, 0.05) is 18.7 Å². The third kappa shape index (κ3) is 4.14. The van der Waals surface area contributed by atoms with Gasteiger partial charge in [0.2, 0.25) is 6.79 Å². The van der Waals surface area contributed by atoms with Crippen molar-refractivity contribution in [1.82, 2.24) is 4.90 Å². The molecular formula is C20H21NO5. The Morgan fingerprint density at radius 1 is 1.08 bits per heavy atom. The molecule has 0 N–H and O–H groups in total. The van der Waals surface area contributed by atoms with Gasteiger partial charge in [-0.2, -0.15) is 0 Å². The molecule has 0 fully saturated rings. The number of hydrogen-bond donors (Lipinski definition) is 0. The molecule has 6 nitrogen and oxygen atoms in total. The summed E-state index contributed by atoms with van der Waals surface area (Å²) < 4.78 is 15.4. The number of methoxy groups -OCH3 is 1. The fraction of sp³-hybridized carbons (Fsp3) is 0.300. The Morgan fingerprint density at radius 2 is 1.81 bits per heavy atom. The number of ether oxygens (including phenoxy) is 3. The van der Waals surface area contributed by atoms with Crippen LogP contribution in [0.5, 0.6) is 11.5 Å². The standard InChI is InChI=1S/C20H21NO5/c1-14-3-6-16(7-4-14)20(23)21(10-9-19(22)24-2)12-15-5-8-17-18(11-15)26-13-25-17/h3-8,11H,9-10,12-13H2,1-2H3.